The summed E-state index contributed by atoms with van der Waals surface area (Å²) in [5.41, 5.74) is 1.47. The Balaban J connectivity index is 2.10. The van der Waals surface area contributed by atoms with Gasteiger partial charge in [0.25, 0.3) is 5.91 Å². The van der Waals surface area contributed by atoms with Gasteiger partial charge in [0.15, 0.2) is 12.4 Å². The summed E-state index contributed by atoms with van der Waals surface area (Å²) in [5, 5.41) is 11.5. The molecule has 128 valence electrons. The molecule has 2 rings (SSSR count). The van der Waals surface area contributed by atoms with Crippen LogP contribution >= 0.6 is 11.6 Å². The lowest BCUT2D eigenvalue weighted by molar-refractivity contribution is -0.139. The van der Waals surface area contributed by atoms with Gasteiger partial charge < -0.3 is 19.6 Å². The van der Waals surface area contributed by atoms with Crippen molar-refractivity contribution in [1.82, 2.24) is 0 Å². The number of furan rings is 1. The minimum absolute atomic E-state index is 0.206. The van der Waals surface area contributed by atoms with Crippen LogP contribution in [-0.2, 0) is 17.6 Å². The van der Waals surface area contributed by atoms with Crippen LogP contribution in [0.25, 0.3) is 0 Å². The summed E-state index contributed by atoms with van der Waals surface area (Å²) in [6, 6.07) is 6.30. The molecule has 0 aliphatic rings. The van der Waals surface area contributed by atoms with Gasteiger partial charge in [0.2, 0.25) is 0 Å². The zero-order valence-corrected chi connectivity index (χ0v) is 14.1. The number of aryl methyl sites for hydroxylation is 2. The fraction of sp³-hybridized carbons (Fsp3) is 0.294. The van der Waals surface area contributed by atoms with Crippen LogP contribution in [0.1, 0.15) is 35.7 Å². The minimum Gasteiger partial charge on any atom is -0.480 e. The molecule has 0 fully saturated rings. The number of ether oxygens (including phenoxy) is 1. The topological polar surface area (TPSA) is 88.8 Å². The Morgan fingerprint density at radius 3 is 2.54 bits per heavy atom. The molecule has 7 heteroatoms. The summed E-state index contributed by atoms with van der Waals surface area (Å²) in [5.74, 6) is -0.194. The van der Waals surface area contributed by atoms with Gasteiger partial charge >= 0.3 is 5.97 Å². The van der Waals surface area contributed by atoms with E-state index in [-0.39, 0.29) is 22.4 Å². The lowest BCUT2D eigenvalue weighted by Gasteiger charge is -2.08. The van der Waals surface area contributed by atoms with Crippen molar-refractivity contribution in [2.75, 3.05) is 11.9 Å². The summed E-state index contributed by atoms with van der Waals surface area (Å²) in [4.78, 5) is 22.8. The molecule has 0 atom stereocenters. The van der Waals surface area contributed by atoms with Crippen LogP contribution in [0, 0.1) is 0 Å². The predicted octanol–water partition coefficient (Wildman–Crippen LogP) is 3.77. The average molecular weight is 352 g/mol. The summed E-state index contributed by atoms with van der Waals surface area (Å²) in [6.45, 7) is 3.48. The Kier molecular flexibility index (Phi) is 5.87. The molecule has 0 saturated carbocycles. The van der Waals surface area contributed by atoms with Gasteiger partial charge in [0.05, 0.1) is 5.02 Å². The van der Waals surface area contributed by atoms with Crippen LogP contribution in [0.2, 0.25) is 5.02 Å². The van der Waals surface area contributed by atoms with Crippen LogP contribution < -0.4 is 10.1 Å². The van der Waals surface area contributed by atoms with Gasteiger partial charge in [-0.3, -0.25) is 4.79 Å². The molecule has 0 radical (unpaired) electrons. The second kappa shape index (κ2) is 7.88. The number of carboxylic acid groups (broad SMARTS) is 1. The normalized spacial score (nSPS) is 10.5. The number of hydrogen-bond donors (Lipinski definition) is 2. The number of carbonyl (C=O) groups excluding carboxylic acids is 1. The van der Waals surface area contributed by atoms with Gasteiger partial charge in [-0.05, 0) is 36.2 Å². The Morgan fingerprint density at radius 2 is 2.00 bits per heavy atom. The Labute approximate surface area is 144 Å². The van der Waals surface area contributed by atoms with Crippen LogP contribution in [0.5, 0.6) is 5.75 Å². The van der Waals surface area contributed by atoms with E-state index in [1.54, 1.807) is 12.1 Å². The zero-order valence-electron chi connectivity index (χ0n) is 13.4. The monoisotopic (exact) mass is 351 g/mol. The molecule has 6 nitrogen and oxygen atoms in total. The molecule has 0 aliphatic heterocycles. The molecule has 1 heterocycles. The summed E-state index contributed by atoms with van der Waals surface area (Å²) in [6.07, 6.45) is 1.51. The van der Waals surface area contributed by atoms with Crippen molar-refractivity contribution < 1.29 is 23.8 Å². The van der Waals surface area contributed by atoms with Crippen molar-refractivity contribution >= 4 is 29.2 Å². The molecule has 2 N–H and O–H groups in total. The fourth-order valence-electron chi connectivity index (χ4n) is 2.20. The SMILES string of the molecule is CCc1cc(C(=O)Nc2ccc(OCC(=O)O)c(Cl)c2)oc1CC. The van der Waals surface area contributed by atoms with Gasteiger partial charge in [-0.25, -0.2) is 4.79 Å². The molecule has 0 saturated heterocycles. The van der Waals surface area contributed by atoms with E-state index in [9.17, 15) is 9.59 Å². The quantitative estimate of drug-likeness (QED) is 0.792. The summed E-state index contributed by atoms with van der Waals surface area (Å²) in [7, 11) is 0. The third-order valence-electron chi connectivity index (χ3n) is 3.36. The van der Waals surface area contributed by atoms with Gasteiger partial charge in [0, 0.05) is 12.1 Å². The van der Waals surface area contributed by atoms with Gasteiger partial charge in [-0.2, -0.15) is 0 Å². The molecule has 1 aromatic heterocycles. The van der Waals surface area contributed by atoms with Gasteiger partial charge in [-0.1, -0.05) is 25.4 Å². The third kappa shape index (κ3) is 4.29. The number of carbonyl (C=O) groups is 2. The number of aliphatic carboxylic acids is 1. The van der Waals surface area contributed by atoms with Crippen molar-refractivity contribution in [3.8, 4) is 5.75 Å². The van der Waals surface area contributed by atoms with Crippen LogP contribution in [0.3, 0.4) is 0 Å². The number of amides is 1. The lowest BCUT2D eigenvalue weighted by Crippen LogP contribution is -2.12. The number of halogens is 1. The fourth-order valence-corrected chi connectivity index (χ4v) is 2.44. The molecule has 0 aliphatic carbocycles. The largest absolute Gasteiger partial charge is 0.480 e. The van der Waals surface area contributed by atoms with E-state index in [4.69, 9.17) is 25.9 Å². The van der Waals surface area contributed by atoms with Crippen molar-refractivity contribution in [2.45, 2.75) is 26.7 Å². The van der Waals surface area contributed by atoms with E-state index in [2.05, 4.69) is 5.32 Å². The smallest absolute Gasteiger partial charge is 0.341 e. The number of benzene rings is 1. The Hall–Kier alpha value is -2.47. The van der Waals surface area contributed by atoms with Crippen LogP contribution in [0.4, 0.5) is 5.69 Å². The van der Waals surface area contributed by atoms with Crippen LogP contribution in [-0.4, -0.2) is 23.6 Å². The standard InChI is InChI=1S/C17H18ClNO5/c1-3-10-7-15(24-13(10)4-2)17(22)19-11-5-6-14(12(18)8-11)23-9-16(20)21/h5-8H,3-4,9H2,1-2H3,(H,19,22)(H,20,21). The highest BCUT2D eigenvalue weighted by atomic mass is 35.5. The molecule has 1 aromatic carbocycles. The maximum atomic E-state index is 12.3. The highest BCUT2D eigenvalue weighted by Crippen LogP contribution is 2.28. The lowest BCUT2D eigenvalue weighted by atomic mass is 10.1. The predicted molar refractivity (Wildman–Crippen MR) is 90.0 cm³/mol. The van der Waals surface area contributed by atoms with Crippen molar-refractivity contribution in [3.05, 3.63) is 46.4 Å². The first-order chi connectivity index (χ1) is 11.4. The van der Waals surface area contributed by atoms with E-state index in [0.29, 0.717) is 5.69 Å². The van der Waals surface area contributed by atoms with Gasteiger partial charge in [-0.15, -0.1) is 0 Å². The Bertz CT molecular complexity index is 732. The maximum Gasteiger partial charge on any atom is 0.341 e. The number of nitrogens with one attached hydrogen (secondary N) is 1. The third-order valence-corrected chi connectivity index (χ3v) is 3.66. The van der Waals surface area contributed by atoms with E-state index < -0.39 is 12.6 Å². The zero-order chi connectivity index (χ0) is 17.7. The first-order valence-corrected chi connectivity index (χ1v) is 7.89. The first-order valence-electron chi connectivity index (χ1n) is 7.51. The number of hydrogen-bond acceptors (Lipinski definition) is 4. The van der Waals surface area contributed by atoms with E-state index in [1.807, 2.05) is 13.8 Å². The molecule has 0 unspecified atom stereocenters. The van der Waals surface area contributed by atoms with E-state index in [0.717, 1.165) is 24.2 Å². The highest BCUT2D eigenvalue weighted by Gasteiger charge is 2.15. The summed E-state index contributed by atoms with van der Waals surface area (Å²) < 4.78 is 10.6. The maximum absolute atomic E-state index is 12.3. The minimum atomic E-state index is -1.10. The molecule has 2 aromatic rings. The van der Waals surface area contributed by atoms with Crippen molar-refractivity contribution in [1.29, 1.82) is 0 Å². The molecule has 1 amide bonds. The van der Waals surface area contributed by atoms with Crippen molar-refractivity contribution in [2.24, 2.45) is 0 Å². The molecular formula is C17H18ClNO5. The molecule has 0 spiro atoms. The number of carboxylic acids is 1. The van der Waals surface area contributed by atoms with Gasteiger partial charge in [0.1, 0.15) is 11.5 Å². The second-order valence-corrected chi connectivity index (χ2v) is 5.46. The molecule has 24 heavy (non-hydrogen) atoms. The second-order valence-electron chi connectivity index (χ2n) is 5.05. The van der Waals surface area contributed by atoms with Crippen LogP contribution in [0.15, 0.2) is 28.7 Å². The number of rotatable bonds is 7. The van der Waals surface area contributed by atoms with Crippen molar-refractivity contribution in [3.63, 3.8) is 0 Å². The average Bonchev–Trinajstić information content (AvgIpc) is 2.97. The Morgan fingerprint density at radius 1 is 1.25 bits per heavy atom. The highest BCUT2D eigenvalue weighted by molar-refractivity contribution is 6.32. The molecule has 0 bridgehead atoms. The summed E-state index contributed by atoms with van der Waals surface area (Å²) >= 11 is 6.02. The first kappa shape index (κ1) is 17.9. The van der Waals surface area contributed by atoms with E-state index in [1.165, 1.54) is 12.1 Å². The molecular weight excluding hydrogens is 334 g/mol. The van der Waals surface area contributed by atoms with E-state index >= 15 is 0 Å². The number of anilines is 1.